The third-order valence-corrected chi connectivity index (χ3v) is 4.40. The molecule has 0 aromatic rings. The summed E-state index contributed by atoms with van der Waals surface area (Å²) in [6.07, 6.45) is 12.5. The molecule has 0 amide bonds. The lowest BCUT2D eigenvalue weighted by molar-refractivity contribution is 0.232. The fraction of sp³-hybridized carbons (Fsp3) is 0.733. The van der Waals surface area contributed by atoms with Gasteiger partial charge in [-0.25, -0.2) is 0 Å². The van der Waals surface area contributed by atoms with Gasteiger partial charge in [-0.15, -0.1) is 0 Å². The summed E-state index contributed by atoms with van der Waals surface area (Å²) >= 11 is 0. The van der Waals surface area contributed by atoms with Crippen LogP contribution in [0.25, 0.3) is 0 Å². The van der Waals surface area contributed by atoms with Crippen LogP contribution in [0.15, 0.2) is 23.8 Å². The van der Waals surface area contributed by atoms with E-state index in [9.17, 15) is 0 Å². The first-order valence-electron chi connectivity index (χ1n) is 6.73. The minimum atomic E-state index is 0.722. The van der Waals surface area contributed by atoms with Crippen molar-refractivity contribution in [2.24, 2.45) is 11.8 Å². The van der Waals surface area contributed by atoms with Gasteiger partial charge >= 0.3 is 0 Å². The predicted octanol–water partition coefficient (Wildman–Crippen LogP) is 3.63. The van der Waals surface area contributed by atoms with Gasteiger partial charge in [-0.1, -0.05) is 30.7 Å². The summed E-state index contributed by atoms with van der Waals surface area (Å²) in [5, 5.41) is 0. The van der Waals surface area contributed by atoms with Crippen molar-refractivity contribution < 1.29 is 0 Å². The normalized spacial score (nSPS) is 36.9. The van der Waals surface area contributed by atoms with Crippen molar-refractivity contribution in [3.05, 3.63) is 23.8 Å². The van der Waals surface area contributed by atoms with E-state index in [1.165, 1.54) is 32.2 Å². The van der Waals surface area contributed by atoms with E-state index in [-0.39, 0.29) is 0 Å². The fourth-order valence-electron chi connectivity index (χ4n) is 2.82. The molecule has 1 aliphatic carbocycles. The van der Waals surface area contributed by atoms with Crippen LogP contribution in [-0.2, 0) is 0 Å². The lowest BCUT2D eigenvalue weighted by Crippen LogP contribution is -2.30. The van der Waals surface area contributed by atoms with Gasteiger partial charge in [0.1, 0.15) is 0 Å². The molecule has 0 saturated heterocycles. The highest BCUT2D eigenvalue weighted by Gasteiger charge is 2.20. The summed E-state index contributed by atoms with van der Waals surface area (Å²) in [4.78, 5) is 2.53. The quantitative estimate of drug-likeness (QED) is 0.562. The van der Waals surface area contributed by atoms with Crippen molar-refractivity contribution in [1.29, 1.82) is 0 Å². The molecule has 16 heavy (non-hydrogen) atoms. The standard InChI is InChI=1S/C15H25N/c1-12-5-4-6-14-8-7-13(2)16(3)10-9-15(12)11-14/h4-5,11-13,15H,6-10H2,1-3H3. The van der Waals surface area contributed by atoms with Crippen LogP contribution in [-0.4, -0.2) is 24.5 Å². The second-order valence-electron chi connectivity index (χ2n) is 5.64. The summed E-state index contributed by atoms with van der Waals surface area (Å²) in [5.74, 6) is 1.49. The molecule has 0 spiro atoms. The Hall–Kier alpha value is -0.560. The Morgan fingerprint density at radius 3 is 2.88 bits per heavy atom. The zero-order valence-corrected chi connectivity index (χ0v) is 10.9. The Morgan fingerprint density at radius 2 is 2.06 bits per heavy atom. The minimum absolute atomic E-state index is 0.722. The maximum atomic E-state index is 2.58. The monoisotopic (exact) mass is 219 g/mol. The lowest BCUT2D eigenvalue weighted by Gasteiger charge is -2.26. The van der Waals surface area contributed by atoms with Crippen LogP contribution in [0, 0.1) is 11.8 Å². The Bertz CT molecular complexity index is 290. The molecule has 0 saturated carbocycles. The average molecular weight is 219 g/mol. The summed E-state index contributed by atoms with van der Waals surface area (Å²) < 4.78 is 0. The topological polar surface area (TPSA) is 3.24 Å². The van der Waals surface area contributed by atoms with Gasteiger partial charge in [-0.2, -0.15) is 0 Å². The minimum Gasteiger partial charge on any atom is -0.304 e. The number of nitrogens with zero attached hydrogens (tertiary/aromatic N) is 1. The highest BCUT2D eigenvalue weighted by atomic mass is 15.1. The van der Waals surface area contributed by atoms with Gasteiger partial charge in [0, 0.05) is 6.04 Å². The molecule has 1 heterocycles. The zero-order chi connectivity index (χ0) is 11.5. The Morgan fingerprint density at radius 1 is 1.25 bits per heavy atom. The highest BCUT2D eigenvalue weighted by Crippen LogP contribution is 2.29. The second kappa shape index (κ2) is 5.18. The van der Waals surface area contributed by atoms with E-state index in [1.54, 1.807) is 5.57 Å². The van der Waals surface area contributed by atoms with Gasteiger partial charge in [-0.05, 0) is 58.0 Å². The van der Waals surface area contributed by atoms with Crippen LogP contribution in [0.3, 0.4) is 0 Å². The molecule has 1 heteroatoms. The maximum Gasteiger partial charge on any atom is 0.00669 e. The predicted molar refractivity (Wildman–Crippen MR) is 70.4 cm³/mol. The van der Waals surface area contributed by atoms with E-state index in [2.05, 4.69) is 44.0 Å². The molecule has 3 unspecified atom stereocenters. The van der Waals surface area contributed by atoms with Crippen molar-refractivity contribution in [2.45, 2.75) is 45.6 Å². The van der Waals surface area contributed by atoms with Crippen molar-refractivity contribution >= 4 is 0 Å². The molecule has 3 atom stereocenters. The van der Waals surface area contributed by atoms with Crippen molar-refractivity contribution in [3.63, 3.8) is 0 Å². The van der Waals surface area contributed by atoms with Crippen molar-refractivity contribution in [2.75, 3.05) is 13.6 Å². The molecule has 1 aliphatic heterocycles. The molecule has 2 bridgehead atoms. The van der Waals surface area contributed by atoms with E-state index in [0.717, 1.165) is 17.9 Å². The first kappa shape index (κ1) is 11.9. The first-order valence-corrected chi connectivity index (χ1v) is 6.73. The molecule has 0 aromatic carbocycles. The number of hydrogen-bond acceptors (Lipinski definition) is 1. The molecule has 1 nitrogen and oxygen atoms in total. The van der Waals surface area contributed by atoms with Crippen LogP contribution in [0.4, 0.5) is 0 Å². The average Bonchev–Trinajstić information content (AvgIpc) is 2.40. The van der Waals surface area contributed by atoms with Crippen molar-refractivity contribution in [3.8, 4) is 0 Å². The van der Waals surface area contributed by atoms with Gasteiger partial charge in [-0.3, -0.25) is 0 Å². The lowest BCUT2D eigenvalue weighted by atomic mass is 9.90. The molecule has 90 valence electrons. The van der Waals surface area contributed by atoms with E-state index in [1.807, 2.05) is 0 Å². The zero-order valence-electron chi connectivity index (χ0n) is 10.9. The highest BCUT2D eigenvalue weighted by molar-refractivity contribution is 5.16. The molecule has 0 N–H and O–H groups in total. The summed E-state index contributed by atoms with van der Waals surface area (Å²) in [6.45, 7) is 5.97. The number of fused-ring (bicyclic) bond motifs is 1. The van der Waals surface area contributed by atoms with Crippen LogP contribution >= 0.6 is 0 Å². The molecular formula is C15H25N. The second-order valence-corrected chi connectivity index (χ2v) is 5.64. The van der Waals surface area contributed by atoms with Gasteiger partial charge < -0.3 is 4.90 Å². The SMILES string of the molecule is CC1C=CCC2=CC1CCN(C)C(C)CC2. The van der Waals surface area contributed by atoms with Crippen LogP contribution < -0.4 is 0 Å². The van der Waals surface area contributed by atoms with Crippen LogP contribution in [0.2, 0.25) is 0 Å². The van der Waals surface area contributed by atoms with Crippen LogP contribution in [0.1, 0.15) is 39.5 Å². The third kappa shape index (κ3) is 2.76. The molecule has 2 aliphatic rings. The Kier molecular flexibility index (Phi) is 3.86. The van der Waals surface area contributed by atoms with E-state index in [4.69, 9.17) is 0 Å². The number of hydrogen-bond donors (Lipinski definition) is 0. The van der Waals surface area contributed by atoms with Gasteiger partial charge in [0.2, 0.25) is 0 Å². The molecule has 0 fully saturated rings. The van der Waals surface area contributed by atoms with Crippen molar-refractivity contribution in [1.82, 2.24) is 4.90 Å². The van der Waals surface area contributed by atoms with E-state index >= 15 is 0 Å². The number of allylic oxidation sites excluding steroid dienone is 4. The fourth-order valence-corrected chi connectivity index (χ4v) is 2.82. The van der Waals surface area contributed by atoms with E-state index in [0.29, 0.717) is 0 Å². The van der Waals surface area contributed by atoms with Gasteiger partial charge in [0.25, 0.3) is 0 Å². The van der Waals surface area contributed by atoms with E-state index < -0.39 is 0 Å². The summed E-state index contributed by atoms with van der Waals surface area (Å²) in [6, 6.07) is 0.737. The first-order chi connectivity index (χ1) is 7.66. The molecule has 2 rings (SSSR count). The van der Waals surface area contributed by atoms with Crippen LogP contribution in [0.5, 0.6) is 0 Å². The molecule has 0 aromatic heterocycles. The number of rotatable bonds is 0. The molecular weight excluding hydrogens is 194 g/mol. The Labute approximate surface area is 100 Å². The molecule has 0 radical (unpaired) electrons. The smallest absolute Gasteiger partial charge is 0.00669 e. The maximum absolute atomic E-state index is 2.58. The summed E-state index contributed by atoms with van der Waals surface area (Å²) in [5.41, 5.74) is 1.67. The van der Waals surface area contributed by atoms with Gasteiger partial charge in [0.15, 0.2) is 0 Å². The third-order valence-electron chi connectivity index (χ3n) is 4.40. The Balaban J connectivity index is 2.14. The summed E-state index contributed by atoms with van der Waals surface area (Å²) in [7, 11) is 2.28. The van der Waals surface area contributed by atoms with Gasteiger partial charge in [0.05, 0.1) is 0 Å². The largest absolute Gasteiger partial charge is 0.304 e.